The maximum Gasteiger partial charge on any atom is 0.336 e. The average molecular weight is 331 g/mol. The smallest absolute Gasteiger partial charge is 0.336 e. The van der Waals surface area contributed by atoms with Crippen LogP contribution in [0.15, 0.2) is 33.5 Å². The molecule has 0 radical (unpaired) electrons. The van der Waals surface area contributed by atoms with Crippen LogP contribution in [0.3, 0.4) is 0 Å². The van der Waals surface area contributed by atoms with Crippen molar-refractivity contribution in [3.8, 4) is 5.75 Å². The first-order valence-corrected chi connectivity index (χ1v) is 8.05. The topological polar surface area (TPSA) is 69.0 Å². The van der Waals surface area contributed by atoms with E-state index in [9.17, 15) is 9.59 Å². The molecule has 1 atom stereocenters. The molecule has 1 fully saturated rings. The molecule has 1 aliphatic rings. The standard InChI is InChI=1S/C18H21NO5/c1-22-13-6-7-14-12(9-17(20)24-16(14)10-13)11-19-8-4-3-5-15(19)18(21)23-2/h6-7,9-10,15H,3-5,8,11H2,1-2H3. The van der Waals surface area contributed by atoms with Gasteiger partial charge in [-0.05, 0) is 37.1 Å². The molecular formula is C18H21NO5. The molecule has 1 aromatic carbocycles. The van der Waals surface area contributed by atoms with E-state index in [2.05, 4.69) is 4.90 Å². The highest BCUT2D eigenvalue weighted by atomic mass is 16.5. The van der Waals surface area contributed by atoms with Crippen LogP contribution in [0, 0.1) is 0 Å². The summed E-state index contributed by atoms with van der Waals surface area (Å²) in [6, 6.07) is 6.65. The third kappa shape index (κ3) is 3.28. The van der Waals surface area contributed by atoms with Crippen molar-refractivity contribution in [2.45, 2.75) is 31.8 Å². The third-order valence-electron chi connectivity index (χ3n) is 4.50. The lowest BCUT2D eigenvalue weighted by molar-refractivity contribution is -0.148. The predicted octanol–water partition coefficient (Wildman–Crippen LogP) is 2.33. The van der Waals surface area contributed by atoms with Crippen molar-refractivity contribution >= 4 is 16.9 Å². The maximum atomic E-state index is 12.0. The minimum atomic E-state index is -0.405. The van der Waals surface area contributed by atoms with E-state index >= 15 is 0 Å². The molecule has 1 aliphatic heterocycles. The number of esters is 1. The molecule has 1 aromatic heterocycles. The van der Waals surface area contributed by atoms with Crippen LogP contribution in [0.2, 0.25) is 0 Å². The molecular weight excluding hydrogens is 310 g/mol. The maximum absolute atomic E-state index is 12.0. The summed E-state index contributed by atoms with van der Waals surface area (Å²) < 4.78 is 15.4. The highest BCUT2D eigenvalue weighted by Crippen LogP contribution is 2.26. The molecule has 0 spiro atoms. The van der Waals surface area contributed by atoms with Crippen molar-refractivity contribution in [1.82, 2.24) is 4.90 Å². The van der Waals surface area contributed by atoms with Gasteiger partial charge in [-0.1, -0.05) is 6.42 Å². The number of nitrogens with zero attached hydrogens (tertiary/aromatic N) is 1. The van der Waals surface area contributed by atoms with E-state index < -0.39 is 5.63 Å². The highest BCUT2D eigenvalue weighted by Gasteiger charge is 2.29. The molecule has 6 heteroatoms. The number of carbonyl (C=O) groups excluding carboxylic acids is 1. The number of fused-ring (bicyclic) bond motifs is 1. The SMILES string of the molecule is COC(=O)C1CCCCN1Cc1cc(=O)oc2cc(OC)ccc12. The monoisotopic (exact) mass is 331 g/mol. The Bertz CT molecular complexity index is 798. The molecule has 0 amide bonds. The number of methoxy groups -OCH3 is 2. The van der Waals surface area contributed by atoms with Gasteiger partial charge in [-0.15, -0.1) is 0 Å². The molecule has 1 saturated heterocycles. The summed E-state index contributed by atoms with van der Waals surface area (Å²) in [5.41, 5.74) is 0.931. The van der Waals surface area contributed by atoms with Gasteiger partial charge >= 0.3 is 11.6 Å². The van der Waals surface area contributed by atoms with Crippen LogP contribution < -0.4 is 10.4 Å². The van der Waals surface area contributed by atoms with Crippen molar-refractivity contribution in [2.24, 2.45) is 0 Å². The average Bonchev–Trinajstić information content (AvgIpc) is 2.60. The van der Waals surface area contributed by atoms with Gasteiger partial charge in [0.05, 0.1) is 14.2 Å². The zero-order valence-electron chi connectivity index (χ0n) is 13.9. The summed E-state index contributed by atoms with van der Waals surface area (Å²) in [5, 5.41) is 0.851. The first-order valence-electron chi connectivity index (χ1n) is 8.05. The molecule has 128 valence electrons. The van der Waals surface area contributed by atoms with E-state index in [0.717, 1.165) is 36.8 Å². The summed E-state index contributed by atoms with van der Waals surface area (Å²) in [4.78, 5) is 26.0. The van der Waals surface area contributed by atoms with Crippen LogP contribution in [0.25, 0.3) is 11.0 Å². The van der Waals surface area contributed by atoms with E-state index in [0.29, 0.717) is 17.9 Å². The van der Waals surface area contributed by atoms with Gasteiger partial charge in [0.25, 0.3) is 0 Å². The summed E-state index contributed by atoms with van der Waals surface area (Å²) in [5.74, 6) is 0.414. The van der Waals surface area contributed by atoms with Crippen LogP contribution in [0.4, 0.5) is 0 Å². The van der Waals surface area contributed by atoms with Crippen LogP contribution in [0.5, 0.6) is 5.75 Å². The van der Waals surface area contributed by atoms with Crippen LogP contribution in [0.1, 0.15) is 24.8 Å². The van der Waals surface area contributed by atoms with Crippen LogP contribution in [-0.4, -0.2) is 37.7 Å². The number of piperidine rings is 1. The Labute approximate surface area is 140 Å². The number of benzene rings is 1. The lowest BCUT2D eigenvalue weighted by Crippen LogP contribution is -2.44. The number of rotatable bonds is 4. The van der Waals surface area contributed by atoms with Gasteiger partial charge in [0.15, 0.2) is 0 Å². The van der Waals surface area contributed by atoms with Gasteiger partial charge in [0.2, 0.25) is 0 Å². The predicted molar refractivity (Wildman–Crippen MR) is 89.1 cm³/mol. The van der Waals surface area contributed by atoms with E-state index in [4.69, 9.17) is 13.9 Å². The van der Waals surface area contributed by atoms with Gasteiger partial charge in [-0.25, -0.2) is 4.79 Å². The van der Waals surface area contributed by atoms with Crippen molar-refractivity contribution < 1.29 is 18.7 Å². The molecule has 2 heterocycles. The largest absolute Gasteiger partial charge is 0.497 e. The third-order valence-corrected chi connectivity index (χ3v) is 4.50. The van der Waals surface area contributed by atoms with Crippen LogP contribution >= 0.6 is 0 Å². The summed E-state index contributed by atoms with van der Waals surface area (Å²) in [6.45, 7) is 1.31. The van der Waals surface area contributed by atoms with Gasteiger partial charge < -0.3 is 13.9 Å². The van der Waals surface area contributed by atoms with Crippen LogP contribution in [-0.2, 0) is 16.1 Å². The lowest BCUT2D eigenvalue weighted by atomic mass is 10.0. The number of likely N-dealkylation sites (tertiary alicyclic amines) is 1. The van der Waals surface area contributed by atoms with Crippen molar-refractivity contribution in [3.63, 3.8) is 0 Å². The van der Waals surface area contributed by atoms with Gasteiger partial charge in [-0.2, -0.15) is 0 Å². The van der Waals surface area contributed by atoms with Gasteiger partial charge in [0, 0.05) is 24.1 Å². The normalized spacial score (nSPS) is 18.5. The second-order valence-corrected chi connectivity index (χ2v) is 5.96. The minimum absolute atomic E-state index is 0.219. The number of hydrogen-bond acceptors (Lipinski definition) is 6. The minimum Gasteiger partial charge on any atom is -0.497 e. The molecule has 3 rings (SSSR count). The van der Waals surface area contributed by atoms with E-state index in [-0.39, 0.29) is 12.0 Å². The summed E-state index contributed by atoms with van der Waals surface area (Å²) in [6.07, 6.45) is 2.81. The first-order chi connectivity index (χ1) is 11.6. The first kappa shape index (κ1) is 16.5. The second-order valence-electron chi connectivity index (χ2n) is 5.96. The summed E-state index contributed by atoms with van der Waals surface area (Å²) >= 11 is 0. The zero-order valence-corrected chi connectivity index (χ0v) is 13.9. The van der Waals surface area contributed by atoms with E-state index in [1.807, 2.05) is 12.1 Å². The molecule has 2 aromatic rings. The van der Waals surface area contributed by atoms with E-state index in [1.165, 1.54) is 13.2 Å². The number of carbonyl (C=O) groups is 1. The quantitative estimate of drug-likeness (QED) is 0.633. The van der Waals surface area contributed by atoms with Crippen molar-refractivity contribution in [3.05, 3.63) is 40.2 Å². The summed E-state index contributed by atoms with van der Waals surface area (Å²) in [7, 11) is 2.98. The fourth-order valence-corrected chi connectivity index (χ4v) is 3.27. The van der Waals surface area contributed by atoms with Gasteiger partial charge in [0.1, 0.15) is 17.4 Å². The lowest BCUT2D eigenvalue weighted by Gasteiger charge is -2.33. The number of hydrogen-bond donors (Lipinski definition) is 0. The fourth-order valence-electron chi connectivity index (χ4n) is 3.27. The molecule has 0 bridgehead atoms. The Morgan fingerprint density at radius 1 is 1.29 bits per heavy atom. The molecule has 24 heavy (non-hydrogen) atoms. The molecule has 6 nitrogen and oxygen atoms in total. The van der Waals surface area contributed by atoms with E-state index in [1.54, 1.807) is 13.2 Å². The Kier molecular flexibility index (Phi) is 4.85. The molecule has 1 unspecified atom stereocenters. The number of ether oxygens (including phenoxy) is 2. The second kappa shape index (κ2) is 7.05. The molecule has 0 aliphatic carbocycles. The Morgan fingerprint density at radius 3 is 2.88 bits per heavy atom. The Balaban J connectivity index is 1.96. The fraction of sp³-hybridized carbons (Fsp3) is 0.444. The highest BCUT2D eigenvalue weighted by molar-refractivity contribution is 5.81. The van der Waals surface area contributed by atoms with Crippen molar-refractivity contribution in [2.75, 3.05) is 20.8 Å². The molecule has 0 N–H and O–H groups in total. The zero-order chi connectivity index (χ0) is 17.1. The Hall–Kier alpha value is -2.34. The van der Waals surface area contributed by atoms with Crippen molar-refractivity contribution in [1.29, 1.82) is 0 Å². The Morgan fingerprint density at radius 2 is 2.12 bits per heavy atom. The van der Waals surface area contributed by atoms with Gasteiger partial charge in [-0.3, -0.25) is 9.69 Å². The molecule has 0 saturated carbocycles.